The molecular weight excluding hydrogens is 440 g/mol. The van der Waals surface area contributed by atoms with Gasteiger partial charge in [-0.15, -0.1) is 24.0 Å². The van der Waals surface area contributed by atoms with Gasteiger partial charge in [0.1, 0.15) is 0 Å². The molecule has 3 nitrogen and oxygen atoms in total. The van der Waals surface area contributed by atoms with Gasteiger partial charge in [-0.25, -0.2) is 0 Å². The van der Waals surface area contributed by atoms with Crippen molar-refractivity contribution in [3.8, 4) is 0 Å². The minimum atomic E-state index is 0. The van der Waals surface area contributed by atoms with Crippen LogP contribution in [-0.4, -0.2) is 19.0 Å². The number of benzene rings is 1. The van der Waals surface area contributed by atoms with Crippen molar-refractivity contribution in [2.75, 3.05) is 7.05 Å². The predicted molar refractivity (Wildman–Crippen MR) is 95.5 cm³/mol. The zero-order valence-electron chi connectivity index (χ0n) is 10.9. The number of nitrogens with one attached hydrogen (secondary N) is 2. The molecule has 19 heavy (non-hydrogen) atoms. The predicted octanol–water partition coefficient (Wildman–Crippen LogP) is 3.79. The molecule has 6 heteroatoms. The first-order chi connectivity index (χ1) is 8.60. The van der Waals surface area contributed by atoms with Gasteiger partial charge in [-0.3, -0.25) is 4.99 Å². The Morgan fingerprint density at radius 1 is 1.53 bits per heavy atom. The van der Waals surface area contributed by atoms with Gasteiger partial charge in [-0.2, -0.15) is 0 Å². The van der Waals surface area contributed by atoms with Crippen LogP contribution in [0, 0.1) is 5.92 Å². The van der Waals surface area contributed by atoms with Crippen molar-refractivity contribution in [2.24, 2.45) is 10.9 Å². The summed E-state index contributed by atoms with van der Waals surface area (Å²) in [6, 6.07) is 6.46. The van der Waals surface area contributed by atoms with Crippen LogP contribution < -0.4 is 10.6 Å². The molecule has 1 aliphatic rings. The minimum absolute atomic E-state index is 0. The molecule has 0 radical (unpaired) electrons. The third-order valence-electron chi connectivity index (χ3n) is 3.12. The number of halogens is 3. The monoisotopic (exact) mass is 457 g/mol. The van der Waals surface area contributed by atoms with Crippen LogP contribution in [0.3, 0.4) is 0 Å². The lowest BCUT2D eigenvalue weighted by Gasteiger charge is -2.12. The lowest BCUT2D eigenvalue weighted by atomic mass is 10.2. The van der Waals surface area contributed by atoms with Gasteiger partial charge >= 0.3 is 0 Å². The maximum atomic E-state index is 6.17. The normalized spacial score (nSPS) is 21.6. The fourth-order valence-electron chi connectivity index (χ4n) is 1.74. The summed E-state index contributed by atoms with van der Waals surface area (Å²) in [5.74, 6) is 1.59. The lowest BCUT2D eigenvalue weighted by Crippen LogP contribution is -2.38. The first-order valence-electron chi connectivity index (χ1n) is 6.01. The Balaban J connectivity index is 0.00000180. The van der Waals surface area contributed by atoms with Gasteiger partial charge in [0, 0.05) is 29.1 Å². The molecule has 1 aromatic rings. The van der Waals surface area contributed by atoms with Crippen LogP contribution in [0.5, 0.6) is 0 Å². The number of nitrogens with zero attached hydrogens (tertiary/aromatic N) is 1. The smallest absolute Gasteiger partial charge is 0.191 e. The van der Waals surface area contributed by atoms with Crippen molar-refractivity contribution < 1.29 is 0 Å². The van der Waals surface area contributed by atoms with Crippen molar-refractivity contribution in [2.45, 2.75) is 25.9 Å². The molecule has 0 aromatic heterocycles. The van der Waals surface area contributed by atoms with E-state index in [0.29, 0.717) is 12.6 Å². The van der Waals surface area contributed by atoms with Crippen molar-refractivity contribution in [1.29, 1.82) is 0 Å². The summed E-state index contributed by atoms with van der Waals surface area (Å²) in [7, 11) is 1.78. The molecule has 106 valence electrons. The van der Waals surface area contributed by atoms with Crippen molar-refractivity contribution in [1.82, 2.24) is 10.6 Å². The Morgan fingerprint density at radius 3 is 2.74 bits per heavy atom. The minimum Gasteiger partial charge on any atom is -0.353 e. The Morgan fingerprint density at radius 2 is 2.21 bits per heavy atom. The lowest BCUT2D eigenvalue weighted by molar-refractivity contribution is 0.763. The zero-order chi connectivity index (χ0) is 13.1. The molecule has 1 saturated carbocycles. The fraction of sp³-hybridized carbons (Fsp3) is 0.462. The van der Waals surface area contributed by atoms with Crippen molar-refractivity contribution in [3.63, 3.8) is 0 Å². The largest absolute Gasteiger partial charge is 0.353 e. The van der Waals surface area contributed by atoms with Gasteiger partial charge in [0.2, 0.25) is 0 Å². The summed E-state index contributed by atoms with van der Waals surface area (Å²) in [5.41, 5.74) is 1.06. The molecule has 0 amide bonds. The Kier molecular flexibility index (Phi) is 6.90. The second-order valence-electron chi connectivity index (χ2n) is 4.63. The second kappa shape index (κ2) is 7.69. The fourth-order valence-corrected chi connectivity index (χ4v) is 2.48. The van der Waals surface area contributed by atoms with Crippen LogP contribution in [-0.2, 0) is 6.54 Å². The molecule has 0 heterocycles. The standard InChI is InChI=1S/C13H17BrClN3.HI/c1-8-5-12(8)18-13(16-2)17-7-9-3-4-10(14)6-11(9)15;/h3-4,6,8,12H,5,7H2,1-2H3,(H2,16,17,18);1H. The zero-order valence-corrected chi connectivity index (χ0v) is 15.6. The van der Waals surface area contributed by atoms with E-state index in [0.717, 1.165) is 26.9 Å². The molecule has 1 fully saturated rings. The third-order valence-corrected chi connectivity index (χ3v) is 3.96. The number of guanidine groups is 1. The van der Waals surface area contributed by atoms with Crippen molar-refractivity contribution in [3.05, 3.63) is 33.3 Å². The van der Waals surface area contributed by atoms with Crippen LogP contribution >= 0.6 is 51.5 Å². The SMILES string of the molecule is CN=C(NCc1ccc(Br)cc1Cl)NC1CC1C.I. The van der Waals surface area contributed by atoms with E-state index in [1.54, 1.807) is 7.05 Å². The average Bonchev–Trinajstić information content (AvgIpc) is 3.02. The van der Waals surface area contributed by atoms with Crippen molar-refractivity contribution >= 4 is 57.5 Å². The quantitative estimate of drug-likeness (QED) is 0.411. The number of rotatable bonds is 3. The van der Waals surface area contributed by atoms with E-state index in [4.69, 9.17) is 11.6 Å². The highest BCUT2D eigenvalue weighted by Gasteiger charge is 2.33. The van der Waals surface area contributed by atoms with Crippen LogP contribution in [0.1, 0.15) is 18.9 Å². The number of aliphatic imine (C=N–C) groups is 1. The Hall–Kier alpha value is -0.0100. The van der Waals surface area contributed by atoms with Gasteiger partial charge < -0.3 is 10.6 Å². The summed E-state index contributed by atoms with van der Waals surface area (Å²) in [6.45, 7) is 2.91. The van der Waals surface area contributed by atoms with E-state index in [9.17, 15) is 0 Å². The second-order valence-corrected chi connectivity index (χ2v) is 5.95. The molecule has 2 unspecified atom stereocenters. The van der Waals surface area contributed by atoms with E-state index >= 15 is 0 Å². The molecule has 1 aliphatic carbocycles. The summed E-state index contributed by atoms with van der Waals surface area (Å²) in [6.07, 6.45) is 1.22. The maximum absolute atomic E-state index is 6.17. The Labute approximate surface area is 144 Å². The number of hydrogen-bond donors (Lipinski definition) is 2. The van der Waals surface area contributed by atoms with Gasteiger partial charge in [0.25, 0.3) is 0 Å². The molecular formula is C13H18BrClIN3. The van der Waals surface area contributed by atoms with E-state index in [1.807, 2.05) is 18.2 Å². The van der Waals surface area contributed by atoms with Gasteiger partial charge in [-0.05, 0) is 30.0 Å². The highest BCUT2D eigenvalue weighted by molar-refractivity contribution is 14.0. The van der Waals surface area contributed by atoms with E-state index in [2.05, 4.69) is 38.5 Å². The van der Waals surface area contributed by atoms with Crippen LogP contribution in [0.2, 0.25) is 5.02 Å². The molecule has 0 spiro atoms. The molecule has 2 rings (SSSR count). The molecule has 2 N–H and O–H groups in total. The summed E-state index contributed by atoms with van der Waals surface area (Å²) in [4.78, 5) is 4.21. The molecule has 1 aromatic carbocycles. The van der Waals surface area contributed by atoms with E-state index in [1.165, 1.54) is 6.42 Å². The van der Waals surface area contributed by atoms with Crippen LogP contribution in [0.15, 0.2) is 27.7 Å². The molecule has 0 saturated heterocycles. The number of hydrogen-bond acceptors (Lipinski definition) is 1. The first kappa shape index (κ1) is 17.0. The molecule has 0 bridgehead atoms. The molecule has 2 atom stereocenters. The average molecular weight is 459 g/mol. The summed E-state index contributed by atoms with van der Waals surface area (Å²) >= 11 is 9.56. The maximum Gasteiger partial charge on any atom is 0.191 e. The van der Waals surface area contributed by atoms with Crippen LogP contribution in [0.4, 0.5) is 0 Å². The third kappa shape index (κ3) is 5.11. The van der Waals surface area contributed by atoms with E-state index in [-0.39, 0.29) is 24.0 Å². The topological polar surface area (TPSA) is 36.4 Å². The van der Waals surface area contributed by atoms with Gasteiger partial charge in [0.15, 0.2) is 5.96 Å². The summed E-state index contributed by atoms with van der Waals surface area (Å²) < 4.78 is 0.991. The summed E-state index contributed by atoms with van der Waals surface area (Å²) in [5, 5.41) is 7.41. The Bertz CT molecular complexity index is 467. The van der Waals surface area contributed by atoms with E-state index < -0.39 is 0 Å². The van der Waals surface area contributed by atoms with Gasteiger partial charge in [-0.1, -0.05) is 40.5 Å². The first-order valence-corrected chi connectivity index (χ1v) is 7.18. The van der Waals surface area contributed by atoms with Crippen LogP contribution in [0.25, 0.3) is 0 Å². The van der Waals surface area contributed by atoms with Gasteiger partial charge in [0.05, 0.1) is 0 Å². The highest BCUT2D eigenvalue weighted by atomic mass is 127. The molecule has 0 aliphatic heterocycles. The highest BCUT2D eigenvalue weighted by Crippen LogP contribution is 2.28.